The van der Waals surface area contributed by atoms with E-state index in [0.717, 1.165) is 36.5 Å². The Morgan fingerprint density at radius 2 is 1.95 bits per heavy atom. The highest BCUT2D eigenvalue weighted by Crippen LogP contribution is 2.23. The van der Waals surface area contributed by atoms with E-state index in [0.29, 0.717) is 5.92 Å². The molecule has 1 aromatic rings. The molecule has 1 aromatic heterocycles. The highest BCUT2D eigenvalue weighted by molar-refractivity contribution is 5.57. The minimum absolute atomic E-state index is 0.183. The summed E-state index contributed by atoms with van der Waals surface area (Å²) in [5.41, 5.74) is 1.12. The predicted molar refractivity (Wildman–Crippen MR) is 79.5 cm³/mol. The molecule has 1 heterocycles. The molecule has 0 spiro atoms. The molecular formula is C14H26N4O. The van der Waals surface area contributed by atoms with E-state index in [1.54, 1.807) is 6.33 Å². The quantitative estimate of drug-likeness (QED) is 0.673. The minimum Gasteiger partial charge on any atom is -0.396 e. The van der Waals surface area contributed by atoms with Gasteiger partial charge in [-0.1, -0.05) is 27.2 Å². The van der Waals surface area contributed by atoms with E-state index in [4.69, 9.17) is 5.11 Å². The van der Waals surface area contributed by atoms with Gasteiger partial charge in [0.2, 0.25) is 0 Å². The normalized spacial score (nSPS) is 12.5. The van der Waals surface area contributed by atoms with Gasteiger partial charge in [-0.25, -0.2) is 9.97 Å². The molecule has 0 amide bonds. The number of rotatable bonds is 8. The Labute approximate surface area is 115 Å². The smallest absolute Gasteiger partial charge is 0.134 e. The van der Waals surface area contributed by atoms with Crippen LogP contribution in [0.4, 0.5) is 11.6 Å². The maximum absolute atomic E-state index is 9.15. The Morgan fingerprint density at radius 1 is 1.26 bits per heavy atom. The van der Waals surface area contributed by atoms with E-state index in [1.807, 2.05) is 7.05 Å². The molecule has 0 aliphatic heterocycles. The molecule has 1 atom stereocenters. The Kier molecular flexibility index (Phi) is 6.56. The topological polar surface area (TPSA) is 70.1 Å². The third-order valence-electron chi connectivity index (χ3n) is 3.25. The van der Waals surface area contributed by atoms with Crippen molar-refractivity contribution in [1.82, 2.24) is 9.97 Å². The summed E-state index contributed by atoms with van der Waals surface area (Å²) in [5, 5.41) is 15.7. The minimum atomic E-state index is 0.183. The molecule has 0 fully saturated rings. The lowest BCUT2D eigenvalue weighted by Crippen LogP contribution is -2.28. The van der Waals surface area contributed by atoms with E-state index >= 15 is 0 Å². The van der Waals surface area contributed by atoms with Crippen LogP contribution in [0, 0.1) is 5.92 Å². The molecular weight excluding hydrogens is 240 g/mol. The number of aliphatic hydroxyl groups excluding tert-OH is 1. The van der Waals surface area contributed by atoms with Crippen molar-refractivity contribution in [3.63, 3.8) is 0 Å². The Hall–Kier alpha value is -1.36. The molecule has 0 saturated heterocycles. The first-order valence-corrected chi connectivity index (χ1v) is 7.03. The Bertz CT molecular complexity index is 382. The Morgan fingerprint density at radius 3 is 2.47 bits per heavy atom. The lowest BCUT2D eigenvalue weighted by Gasteiger charge is -2.24. The predicted octanol–water partition coefficient (Wildman–Crippen LogP) is 2.29. The first-order chi connectivity index (χ1) is 9.13. The van der Waals surface area contributed by atoms with Crippen LogP contribution in [0.5, 0.6) is 0 Å². The molecule has 0 bridgehead atoms. The number of hydrogen-bond acceptors (Lipinski definition) is 5. The monoisotopic (exact) mass is 266 g/mol. The standard InChI is InChI=1S/C14H26N4O/c1-5-6-11-13(15-4)16-9-17-14(11)18-12(7-8-19)10(2)3/h9-10,12,19H,5-8H2,1-4H3,(H2,15,16,17,18). The van der Waals surface area contributed by atoms with Crippen molar-refractivity contribution in [2.45, 2.75) is 46.1 Å². The zero-order valence-corrected chi connectivity index (χ0v) is 12.4. The summed E-state index contributed by atoms with van der Waals surface area (Å²) in [6.07, 6.45) is 4.28. The number of nitrogens with zero attached hydrogens (tertiary/aromatic N) is 2. The van der Waals surface area contributed by atoms with Gasteiger partial charge in [-0.15, -0.1) is 0 Å². The number of hydrogen-bond donors (Lipinski definition) is 3. The molecule has 0 aliphatic carbocycles. The lowest BCUT2D eigenvalue weighted by molar-refractivity contribution is 0.267. The first-order valence-electron chi connectivity index (χ1n) is 7.03. The van der Waals surface area contributed by atoms with Crippen molar-refractivity contribution in [2.24, 2.45) is 5.92 Å². The second kappa shape index (κ2) is 7.94. The molecule has 0 saturated carbocycles. The van der Waals surface area contributed by atoms with E-state index < -0.39 is 0 Å². The maximum Gasteiger partial charge on any atom is 0.134 e. The van der Waals surface area contributed by atoms with Crippen LogP contribution in [0.2, 0.25) is 0 Å². The summed E-state index contributed by atoms with van der Waals surface area (Å²) >= 11 is 0. The van der Waals surface area contributed by atoms with Crippen LogP contribution in [-0.4, -0.2) is 34.8 Å². The molecule has 108 valence electrons. The molecule has 0 aromatic carbocycles. The highest BCUT2D eigenvalue weighted by Gasteiger charge is 2.16. The van der Waals surface area contributed by atoms with Crippen LogP contribution in [-0.2, 0) is 6.42 Å². The van der Waals surface area contributed by atoms with Crippen LogP contribution in [0.1, 0.15) is 39.2 Å². The average molecular weight is 266 g/mol. The van der Waals surface area contributed by atoms with Crippen LogP contribution in [0.15, 0.2) is 6.33 Å². The lowest BCUT2D eigenvalue weighted by atomic mass is 10.0. The van der Waals surface area contributed by atoms with E-state index in [-0.39, 0.29) is 12.6 Å². The van der Waals surface area contributed by atoms with Gasteiger partial charge in [-0.2, -0.15) is 0 Å². The van der Waals surface area contributed by atoms with Crippen molar-refractivity contribution in [1.29, 1.82) is 0 Å². The Balaban J connectivity index is 2.97. The third kappa shape index (κ3) is 4.35. The molecule has 1 unspecified atom stereocenters. The van der Waals surface area contributed by atoms with Crippen molar-refractivity contribution < 1.29 is 5.11 Å². The third-order valence-corrected chi connectivity index (χ3v) is 3.25. The molecule has 0 radical (unpaired) electrons. The van der Waals surface area contributed by atoms with Gasteiger partial charge in [0.25, 0.3) is 0 Å². The van der Waals surface area contributed by atoms with Crippen molar-refractivity contribution in [3.8, 4) is 0 Å². The van der Waals surface area contributed by atoms with Gasteiger partial charge < -0.3 is 15.7 Å². The second-order valence-electron chi connectivity index (χ2n) is 5.06. The fourth-order valence-corrected chi connectivity index (χ4v) is 2.13. The van der Waals surface area contributed by atoms with Gasteiger partial charge in [0.05, 0.1) is 0 Å². The molecule has 3 N–H and O–H groups in total. The number of nitrogens with one attached hydrogen (secondary N) is 2. The SMILES string of the molecule is CCCc1c(NC)ncnc1NC(CCO)C(C)C. The zero-order chi connectivity index (χ0) is 14.3. The number of aromatic nitrogens is 2. The van der Waals surface area contributed by atoms with E-state index in [2.05, 4.69) is 41.4 Å². The van der Waals surface area contributed by atoms with Gasteiger partial charge in [-0.3, -0.25) is 0 Å². The van der Waals surface area contributed by atoms with E-state index in [1.165, 1.54) is 0 Å². The largest absolute Gasteiger partial charge is 0.396 e. The number of anilines is 2. The summed E-state index contributed by atoms with van der Waals surface area (Å²) in [6.45, 7) is 6.62. The van der Waals surface area contributed by atoms with Crippen molar-refractivity contribution >= 4 is 11.6 Å². The van der Waals surface area contributed by atoms with Gasteiger partial charge in [-0.05, 0) is 18.8 Å². The van der Waals surface area contributed by atoms with Crippen LogP contribution >= 0.6 is 0 Å². The van der Waals surface area contributed by atoms with Crippen molar-refractivity contribution in [2.75, 3.05) is 24.3 Å². The van der Waals surface area contributed by atoms with Gasteiger partial charge in [0.15, 0.2) is 0 Å². The fraction of sp³-hybridized carbons (Fsp3) is 0.714. The summed E-state index contributed by atoms with van der Waals surface area (Å²) in [6, 6.07) is 0.222. The maximum atomic E-state index is 9.15. The number of aliphatic hydroxyl groups is 1. The van der Waals surface area contributed by atoms with Crippen LogP contribution in [0.3, 0.4) is 0 Å². The molecule has 5 nitrogen and oxygen atoms in total. The van der Waals surface area contributed by atoms with Crippen molar-refractivity contribution in [3.05, 3.63) is 11.9 Å². The second-order valence-corrected chi connectivity index (χ2v) is 5.06. The highest BCUT2D eigenvalue weighted by atomic mass is 16.3. The summed E-state index contributed by atoms with van der Waals surface area (Å²) < 4.78 is 0. The van der Waals surface area contributed by atoms with Gasteiger partial charge in [0.1, 0.15) is 18.0 Å². The first kappa shape index (κ1) is 15.7. The summed E-state index contributed by atoms with van der Waals surface area (Å²) in [7, 11) is 1.87. The average Bonchev–Trinajstić information content (AvgIpc) is 2.40. The van der Waals surface area contributed by atoms with Crippen LogP contribution in [0.25, 0.3) is 0 Å². The van der Waals surface area contributed by atoms with Gasteiger partial charge in [0, 0.05) is 25.3 Å². The van der Waals surface area contributed by atoms with Crippen LogP contribution < -0.4 is 10.6 Å². The summed E-state index contributed by atoms with van der Waals surface area (Å²) in [4.78, 5) is 8.63. The molecule has 5 heteroatoms. The molecule has 1 rings (SSSR count). The summed E-state index contributed by atoms with van der Waals surface area (Å²) in [5.74, 6) is 2.20. The van der Waals surface area contributed by atoms with Gasteiger partial charge >= 0.3 is 0 Å². The molecule has 0 aliphatic rings. The zero-order valence-electron chi connectivity index (χ0n) is 12.4. The fourth-order valence-electron chi connectivity index (χ4n) is 2.13. The van der Waals surface area contributed by atoms with E-state index in [9.17, 15) is 0 Å². The molecule has 19 heavy (non-hydrogen) atoms.